The van der Waals surface area contributed by atoms with Gasteiger partial charge in [0, 0.05) is 19.2 Å². The monoisotopic (exact) mass is 417 g/mol. The number of carboxylic acid groups (broad SMARTS) is 1. The van der Waals surface area contributed by atoms with E-state index in [1.165, 1.54) is 18.2 Å². The molecule has 1 amide bonds. The molecular formula is C23H22F3NO3. The molecule has 0 aliphatic heterocycles. The highest BCUT2D eigenvalue weighted by Gasteiger charge is 2.30. The molecule has 0 fully saturated rings. The van der Waals surface area contributed by atoms with E-state index in [1.807, 2.05) is 0 Å². The van der Waals surface area contributed by atoms with Crippen LogP contribution in [-0.4, -0.2) is 28.9 Å². The molecule has 0 atom stereocenters. The highest BCUT2D eigenvalue weighted by atomic mass is 19.4. The Morgan fingerprint density at radius 2 is 1.73 bits per heavy atom. The van der Waals surface area contributed by atoms with Crippen molar-refractivity contribution in [3.63, 3.8) is 0 Å². The van der Waals surface area contributed by atoms with Gasteiger partial charge in [0.15, 0.2) is 0 Å². The predicted octanol–water partition coefficient (Wildman–Crippen LogP) is 5.09. The summed E-state index contributed by atoms with van der Waals surface area (Å²) >= 11 is 0. The maximum atomic E-state index is 13.0. The molecular weight excluding hydrogens is 395 g/mol. The first-order chi connectivity index (χ1) is 14.1. The summed E-state index contributed by atoms with van der Waals surface area (Å²) in [4.78, 5) is 25.4. The largest absolute Gasteiger partial charge is 0.478 e. The van der Waals surface area contributed by atoms with Crippen molar-refractivity contribution in [1.82, 2.24) is 4.90 Å². The number of hydrogen-bond acceptors (Lipinski definition) is 2. The zero-order valence-electron chi connectivity index (χ0n) is 16.5. The Labute approximate surface area is 172 Å². The predicted molar refractivity (Wildman–Crippen MR) is 106 cm³/mol. The Morgan fingerprint density at radius 1 is 1.03 bits per heavy atom. The third kappa shape index (κ3) is 5.09. The first-order valence-corrected chi connectivity index (χ1v) is 9.60. The van der Waals surface area contributed by atoms with Gasteiger partial charge in [-0.1, -0.05) is 35.9 Å². The number of carboxylic acids is 1. The molecule has 2 aromatic rings. The second-order valence-electron chi connectivity index (χ2n) is 7.47. The SMILES string of the molecule is CN(Cc1ccc(C(=O)O)cc1)C(=O)C1=C(Cc2cccc(C(F)(F)F)c2)CCC1. The van der Waals surface area contributed by atoms with Crippen LogP contribution in [0.5, 0.6) is 0 Å². The molecule has 0 spiro atoms. The Morgan fingerprint density at radius 3 is 2.37 bits per heavy atom. The summed E-state index contributed by atoms with van der Waals surface area (Å²) < 4.78 is 38.9. The standard InChI is InChI=1S/C23H22F3NO3/c1-27(14-15-8-10-17(11-9-15)22(29)30)21(28)20-7-3-5-18(20)12-16-4-2-6-19(13-16)23(24,25)26/h2,4,6,8-11,13H,3,5,7,12,14H2,1H3,(H,29,30). The number of nitrogens with zero attached hydrogens (tertiary/aromatic N) is 1. The van der Waals surface area contributed by atoms with Gasteiger partial charge in [-0.15, -0.1) is 0 Å². The molecule has 4 nitrogen and oxygen atoms in total. The summed E-state index contributed by atoms with van der Waals surface area (Å²) in [7, 11) is 1.67. The molecule has 30 heavy (non-hydrogen) atoms. The molecule has 3 rings (SSSR count). The van der Waals surface area contributed by atoms with Crippen LogP contribution in [0.15, 0.2) is 59.7 Å². The van der Waals surface area contributed by atoms with E-state index >= 15 is 0 Å². The number of alkyl halides is 3. The van der Waals surface area contributed by atoms with E-state index in [4.69, 9.17) is 5.11 Å². The highest BCUT2D eigenvalue weighted by molar-refractivity contribution is 5.94. The Kier molecular flexibility index (Phi) is 6.29. The van der Waals surface area contributed by atoms with Gasteiger partial charge >= 0.3 is 12.1 Å². The number of amides is 1. The van der Waals surface area contributed by atoms with Crippen molar-refractivity contribution in [1.29, 1.82) is 0 Å². The average Bonchev–Trinajstić information content (AvgIpc) is 3.15. The van der Waals surface area contributed by atoms with Gasteiger partial charge in [0.2, 0.25) is 5.91 Å². The molecule has 1 N–H and O–H groups in total. The molecule has 2 aromatic carbocycles. The van der Waals surface area contributed by atoms with Crippen molar-refractivity contribution in [2.24, 2.45) is 0 Å². The van der Waals surface area contributed by atoms with E-state index in [-0.39, 0.29) is 11.5 Å². The average molecular weight is 417 g/mol. The maximum Gasteiger partial charge on any atom is 0.416 e. The molecule has 158 valence electrons. The van der Waals surface area contributed by atoms with Gasteiger partial charge in [0.05, 0.1) is 11.1 Å². The quantitative estimate of drug-likeness (QED) is 0.713. The minimum Gasteiger partial charge on any atom is -0.478 e. The van der Waals surface area contributed by atoms with Crippen molar-refractivity contribution in [3.8, 4) is 0 Å². The molecule has 0 saturated heterocycles. The van der Waals surface area contributed by atoms with Crippen LogP contribution in [0.3, 0.4) is 0 Å². The van der Waals surface area contributed by atoms with Gasteiger partial charge in [0.25, 0.3) is 0 Å². The van der Waals surface area contributed by atoms with Crippen LogP contribution in [0, 0.1) is 0 Å². The third-order valence-electron chi connectivity index (χ3n) is 5.23. The summed E-state index contributed by atoms with van der Waals surface area (Å²) in [6, 6.07) is 11.5. The smallest absolute Gasteiger partial charge is 0.416 e. The van der Waals surface area contributed by atoms with Crippen LogP contribution in [0.1, 0.15) is 46.3 Å². The minimum absolute atomic E-state index is 0.142. The number of carbonyl (C=O) groups excluding carboxylic acids is 1. The fourth-order valence-electron chi connectivity index (χ4n) is 3.69. The lowest BCUT2D eigenvalue weighted by Crippen LogP contribution is -2.27. The topological polar surface area (TPSA) is 57.6 Å². The lowest BCUT2D eigenvalue weighted by atomic mass is 9.99. The summed E-state index contributed by atoms with van der Waals surface area (Å²) in [5.41, 5.74) is 2.38. The number of allylic oxidation sites excluding steroid dienone is 1. The van der Waals surface area contributed by atoms with Crippen molar-refractivity contribution in [2.75, 3.05) is 7.05 Å². The number of halogens is 3. The second kappa shape index (κ2) is 8.73. The van der Waals surface area contributed by atoms with Gasteiger partial charge in [-0.05, 0) is 55.0 Å². The highest BCUT2D eigenvalue weighted by Crippen LogP contribution is 2.33. The number of carbonyl (C=O) groups is 2. The number of rotatable bonds is 6. The van der Waals surface area contributed by atoms with Gasteiger partial charge in [-0.2, -0.15) is 13.2 Å². The van der Waals surface area contributed by atoms with E-state index < -0.39 is 17.7 Å². The van der Waals surface area contributed by atoms with Gasteiger partial charge < -0.3 is 10.0 Å². The van der Waals surface area contributed by atoms with Gasteiger partial charge in [-0.25, -0.2) is 4.79 Å². The van der Waals surface area contributed by atoms with Crippen molar-refractivity contribution in [2.45, 2.75) is 38.4 Å². The zero-order chi connectivity index (χ0) is 21.9. The molecule has 0 radical (unpaired) electrons. The van der Waals surface area contributed by atoms with E-state index in [1.54, 1.807) is 30.1 Å². The van der Waals surface area contributed by atoms with Crippen molar-refractivity contribution < 1.29 is 27.9 Å². The molecule has 1 aliphatic carbocycles. The maximum absolute atomic E-state index is 13.0. The summed E-state index contributed by atoms with van der Waals surface area (Å²) in [5.74, 6) is -1.15. The lowest BCUT2D eigenvalue weighted by Gasteiger charge is -2.19. The van der Waals surface area contributed by atoms with Gasteiger partial charge in [0.1, 0.15) is 0 Å². The zero-order valence-corrected chi connectivity index (χ0v) is 16.5. The number of benzene rings is 2. The molecule has 0 heterocycles. The Bertz CT molecular complexity index is 978. The molecule has 0 aromatic heterocycles. The lowest BCUT2D eigenvalue weighted by molar-refractivity contribution is -0.137. The van der Waals surface area contributed by atoms with Crippen LogP contribution in [-0.2, 0) is 23.9 Å². The van der Waals surface area contributed by atoms with Crippen LogP contribution >= 0.6 is 0 Å². The molecule has 1 aliphatic rings. The van der Waals surface area contributed by atoms with Crippen LogP contribution in [0.4, 0.5) is 13.2 Å². The van der Waals surface area contributed by atoms with Crippen LogP contribution in [0.25, 0.3) is 0 Å². The second-order valence-corrected chi connectivity index (χ2v) is 7.47. The van der Waals surface area contributed by atoms with Crippen molar-refractivity contribution >= 4 is 11.9 Å². The fourth-order valence-corrected chi connectivity index (χ4v) is 3.69. The summed E-state index contributed by atoms with van der Waals surface area (Å²) in [6.07, 6.45) is -1.97. The van der Waals surface area contributed by atoms with Crippen LogP contribution in [0.2, 0.25) is 0 Å². The van der Waals surface area contributed by atoms with E-state index in [9.17, 15) is 22.8 Å². The summed E-state index contributed by atoms with van der Waals surface area (Å²) in [6.45, 7) is 0.319. The number of likely N-dealkylation sites (N-methyl/N-ethyl adjacent to an activating group) is 1. The Hall–Kier alpha value is -3.09. The first-order valence-electron chi connectivity index (χ1n) is 9.60. The normalized spacial score (nSPS) is 14.1. The third-order valence-corrected chi connectivity index (χ3v) is 5.23. The molecule has 0 saturated carbocycles. The van der Waals surface area contributed by atoms with E-state index in [2.05, 4.69) is 0 Å². The molecule has 0 bridgehead atoms. The Balaban J connectivity index is 1.73. The van der Waals surface area contributed by atoms with E-state index in [0.29, 0.717) is 36.9 Å². The van der Waals surface area contributed by atoms with Crippen LogP contribution < -0.4 is 0 Å². The molecule has 7 heteroatoms. The first kappa shape index (κ1) is 21.6. The van der Waals surface area contributed by atoms with E-state index in [0.717, 1.165) is 29.7 Å². The fraction of sp³-hybridized carbons (Fsp3) is 0.304. The van der Waals surface area contributed by atoms with Gasteiger partial charge in [-0.3, -0.25) is 4.79 Å². The molecule has 0 unspecified atom stereocenters. The van der Waals surface area contributed by atoms with Crippen molar-refractivity contribution in [3.05, 3.63) is 81.9 Å². The number of aromatic carboxylic acids is 1. The minimum atomic E-state index is -4.39. The number of hydrogen-bond donors (Lipinski definition) is 1. The summed E-state index contributed by atoms with van der Waals surface area (Å²) in [5, 5.41) is 8.97.